The molecule has 5 nitrogen and oxygen atoms in total. The third kappa shape index (κ3) is 3.19. The lowest BCUT2D eigenvalue weighted by Crippen LogP contribution is -2.53. The van der Waals surface area contributed by atoms with Crippen molar-refractivity contribution >= 4 is 6.03 Å². The third-order valence-corrected chi connectivity index (χ3v) is 4.69. The molecule has 22 heavy (non-hydrogen) atoms. The van der Waals surface area contributed by atoms with Crippen LogP contribution in [0.15, 0.2) is 24.3 Å². The SMILES string of the molecule is COCCNC(=O)N1CCC2(CCc3ccccc3O2)CC1. The van der Waals surface area contributed by atoms with Crippen molar-refractivity contribution < 1.29 is 14.3 Å². The van der Waals surface area contributed by atoms with E-state index in [1.54, 1.807) is 7.11 Å². The molecular weight excluding hydrogens is 280 g/mol. The second-order valence-electron chi connectivity index (χ2n) is 6.10. The summed E-state index contributed by atoms with van der Waals surface area (Å²) in [5.74, 6) is 1.02. The molecule has 0 aromatic heterocycles. The van der Waals surface area contributed by atoms with E-state index in [4.69, 9.17) is 9.47 Å². The first kappa shape index (κ1) is 15.2. The van der Waals surface area contributed by atoms with Crippen LogP contribution in [0.4, 0.5) is 4.79 Å². The number of carbonyl (C=O) groups excluding carboxylic acids is 1. The van der Waals surface area contributed by atoms with Gasteiger partial charge in [0.2, 0.25) is 0 Å². The Bertz CT molecular complexity index is 524. The maximum Gasteiger partial charge on any atom is 0.317 e. The molecule has 0 bridgehead atoms. The average Bonchev–Trinajstić information content (AvgIpc) is 2.55. The quantitative estimate of drug-likeness (QED) is 0.871. The Kier molecular flexibility index (Phi) is 4.52. The van der Waals surface area contributed by atoms with E-state index in [9.17, 15) is 4.79 Å². The van der Waals surface area contributed by atoms with Crippen LogP contribution in [-0.4, -0.2) is 49.9 Å². The van der Waals surface area contributed by atoms with Gasteiger partial charge >= 0.3 is 6.03 Å². The zero-order valence-corrected chi connectivity index (χ0v) is 13.1. The standard InChI is InChI=1S/C17H24N2O3/c1-21-13-10-18-16(20)19-11-8-17(9-12-19)7-6-14-4-2-3-5-15(14)22-17/h2-5H,6-13H2,1H3,(H,18,20). The molecule has 5 heteroatoms. The van der Waals surface area contributed by atoms with Gasteiger partial charge in [-0.3, -0.25) is 0 Å². The lowest BCUT2D eigenvalue weighted by atomic mass is 9.83. The van der Waals surface area contributed by atoms with Gasteiger partial charge in [-0.05, 0) is 24.5 Å². The zero-order chi connectivity index (χ0) is 15.4. The number of nitrogens with one attached hydrogen (secondary N) is 1. The number of carbonyl (C=O) groups is 1. The predicted octanol–water partition coefficient (Wildman–Crippen LogP) is 2.20. The molecule has 120 valence electrons. The van der Waals surface area contributed by atoms with Gasteiger partial charge in [-0.1, -0.05) is 18.2 Å². The highest BCUT2D eigenvalue weighted by Gasteiger charge is 2.40. The number of piperidine rings is 1. The molecule has 1 fully saturated rings. The third-order valence-electron chi connectivity index (χ3n) is 4.69. The summed E-state index contributed by atoms with van der Waals surface area (Å²) in [4.78, 5) is 13.9. The summed E-state index contributed by atoms with van der Waals surface area (Å²) in [6.07, 6.45) is 3.91. The van der Waals surface area contributed by atoms with Crippen LogP contribution in [-0.2, 0) is 11.2 Å². The number of para-hydroxylation sites is 1. The Labute approximate surface area is 131 Å². The van der Waals surface area contributed by atoms with Gasteiger partial charge in [0.1, 0.15) is 11.4 Å². The smallest absolute Gasteiger partial charge is 0.317 e. The first-order chi connectivity index (χ1) is 10.7. The minimum atomic E-state index is -0.0857. The summed E-state index contributed by atoms with van der Waals surface area (Å²) in [7, 11) is 1.63. The predicted molar refractivity (Wildman–Crippen MR) is 84.2 cm³/mol. The van der Waals surface area contributed by atoms with Crippen molar-refractivity contribution in [2.24, 2.45) is 0 Å². The number of aryl methyl sites for hydroxylation is 1. The van der Waals surface area contributed by atoms with Gasteiger partial charge in [-0.25, -0.2) is 4.79 Å². The Balaban J connectivity index is 1.55. The van der Waals surface area contributed by atoms with Crippen LogP contribution in [0, 0.1) is 0 Å². The maximum absolute atomic E-state index is 12.1. The zero-order valence-electron chi connectivity index (χ0n) is 13.1. The van der Waals surface area contributed by atoms with Crippen LogP contribution >= 0.6 is 0 Å². The summed E-state index contributed by atoms with van der Waals surface area (Å²) < 4.78 is 11.3. The molecule has 1 aromatic rings. The molecule has 2 aliphatic rings. The fourth-order valence-corrected chi connectivity index (χ4v) is 3.30. The van der Waals surface area contributed by atoms with Gasteiger partial charge in [0.25, 0.3) is 0 Å². The van der Waals surface area contributed by atoms with E-state index >= 15 is 0 Å². The number of nitrogens with zero attached hydrogens (tertiary/aromatic N) is 1. The van der Waals surface area contributed by atoms with E-state index < -0.39 is 0 Å². The van der Waals surface area contributed by atoms with Crippen LogP contribution in [0.2, 0.25) is 0 Å². The molecule has 0 radical (unpaired) electrons. The lowest BCUT2D eigenvalue weighted by Gasteiger charge is -2.44. The molecule has 2 amide bonds. The van der Waals surface area contributed by atoms with Crippen LogP contribution in [0.25, 0.3) is 0 Å². The molecule has 0 atom stereocenters. The van der Waals surface area contributed by atoms with Crippen molar-refractivity contribution in [1.82, 2.24) is 10.2 Å². The van der Waals surface area contributed by atoms with Crippen molar-refractivity contribution in [3.8, 4) is 5.75 Å². The molecule has 0 saturated carbocycles. The number of methoxy groups -OCH3 is 1. The Morgan fingerprint density at radius 2 is 2.09 bits per heavy atom. The summed E-state index contributed by atoms with van der Waals surface area (Å²) in [5, 5.41) is 2.88. The molecular formula is C17H24N2O3. The molecule has 1 saturated heterocycles. The molecule has 2 aliphatic heterocycles. The number of ether oxygens (including phenoxy) is 2. The number of hydrogen-bond donors (Lipinski definition) is 1. The molecule has 0 unspecified atom stereocenters. The minimum Gasteiger partial charge on any atom is -0.487 e. The number of benzene rings is 1. The number of amides is 2. The summed E-state index contributed by atoms with van der Waals surface area (Å²) in [5.41, 5.74) is 1.21. The second kappa shape index (κ2) is 6.57. The summed E-state index contributed by atoms with van der Waals surface area (Å²) >= 11 is 0. The lowest BCUT2D eigenvalue weighted by molar-refractivity contribution is -0.00559. The van der Waals surface area contributed by atoms with Gasteiger partial charge in [-0.2, -0.15) is 0 Å². The number of likely N-dealkylation sites (tertiary alicyclic amines) is 1. The first-order valence-electron chi connectivity index (χ1n) is 8.01. The Hall–Kier alpha value is -1.75. The van der Waals surface area contributed by atoms with Gasteiger partial charge in [-0.15, -0.1) is 0 Å². The van der Waals surface area contributed by atoms with E-state index in [0.717, 1.165) is 44.5 Å². The van der Waals surface area contributed by atoms with Crippen molar-refractivity contribution in [2.45, 2.75) is 31.3 Å². The van der Waals surface area contributed by atoms with Crippen LogP contribution in [0.3, 0.4) is 0 Å². The average molecular weight is 304 g/mol. The maximum atomic E-state index is 12.1. The Morgan fingerprint density at radius 3 is 2.86 bits per heavy atom. The van der Waals surface area contributed by atoms with Crippen molar-refractivity contribution in [1.29, 1.82) is 0 Å². The molecule has 3 rings (SSSR count). The highest BCUT2D eigenvalue weighted by molar-refractivity contribution is 5.74. The van der Waals surface area contributed by atoms with Gasteiger partial charge in [0.05, 0.1) is 6.61 Å². The van der Waals surface area contributed by atoms with Crippen molar-refractivity contribution in [3.05, 3.63) is 29.8 Å². The van der Waals surface area contributed by atoms with E-state index in [1.807, 2.05) is 11.0 Å². The number of fused-ring (bicyclic) bond motifs is 1. The highest BCUT2D eigenvalue weighted by Crippen LogP contribution is 2.39. The first-order valence-corrected chi connectivity index (χ1v) is 8.01. The number of hydrogen-bond acceptors (Lipinski definition) is 3. The fourth-order valence-electron chi connectivity index (χ4n) is 3.30. The molecule has 0 aliphatic carbocycles. The van der Waals surface area contributed by atoms with Crippen LogP contribution < -0.4 is 10.1 Å². The molecule has 2 heterocycles. The van der Waals surface area contributed by atoms with Gasteiger partial charge < -0.3 is 19.7 Å². The van der Waals surface area contributed by atoms with Gasteiger partial charge in [0, 0.05) is 39.6 Å². The van der Waals surface area contributed by atoms with Crippen molar-refractivity contribution in [2.75, 3.05) is 33.4 Å². The minimum absolute atomic E-state index is 0.00288. The monoisotopic (exact) mass is 304 g/mol. The van der Waals surface area contributed by atoms with Crippen LogP contribution in [0.5, 0.6) is 5.75 Å². The molecule has 1 spiro atoms. The van der Waals surface area contributed by atoms with Gasteiger partial charge in [0.15, 0.2) is 0 Å². The van der Waals surface area contributed by atoms with E-state index in [-0.39, 0.29) is 11.6 Å². The molecule has 1 N–H and O–H groups in total. The Morgan fingerprint density at radius 1 is 1.32 bits per heavy atom. The largest absolute Gasteiger partial charge is 0.487 e. The summed E-state index contributed by atoms with van der Waals surface area (Å²) in [6.45, 7) is 2.60. The number of rotatable bonds is 3. The van der Waals surface area contributed by atoms with E-state index in [1.165, 1.54) is 5.56 Å². The fraction of sp³-hybridized carbons (Fsp3) is 0.588. The highest BCUT2D eigenvalue weighted by atomic mass is 16.5. The molecule has 1 aromatic carbocycles. The summed E-state index contributed by atoms with van der Waals surface area (Å²) in [6, 6.07) is 8.28. The van der Waals surface area contributed by atoms with Crippen LogP contribution in [0.1, 0.15) is 24.8 Å². The topological polar surface area (TPSA) is 50.8 Å². The van der Waals surface area contributed by atoms with E-state index in [2.05, 4.69) is 23.5 Å². The number of urea groups is 1. The van der Waals surface area contributed by atoms with E-state index in [0.29, 0.717) is 13.2 Å². The second-order valence-corrected chi connectivity index (χ2v) is 6.10. The normalized spacial score (nSPS) is 19.4. The van der Waals surface area contributed by atoms with Crippen molar-refractivity contribution in [3.63, 3.8) is 0 Å².